The van der Waals surface area contributed by atoms with E-state index >= 15 is 0 Å². The van der Waals surface area contributed by atoms with Gasteiger partial charge in [0.15, 0.2) is 0 Å². The Labute approximate surface area is 355 Å². The number of fused-ring (bicyclic) bond motifs is 1. The van der Waals surface area contributed by atoms with Crippen molar-refractivity contribution in [1.29, 1.82) is 0 Å². The maximum absolute atomic E-state index is 13.6. The molecule has 0 spiro atoms. The molecule has 0 saturated carbocycles. The number of nitrogens with two attached hydrogens (primary N) is 1. The Kier molecular flexibility index (Phi) is 15.0. The number of carbonyl (C=O) groups is 4. The molecule has 2 fully saturated rings. The van der Waals surface area contributed by atoms with E-state index in [1.54, 1.807) is 64.4 Å². The van der Waals surface area contributed by atoms with Crippen molar-refractivity contribution >= 4 is 35.2 Å². The highest BCUT2D eigenvalue weighted by molar-refractivity contribution is 6.08. The standard InChI is InChI=1S/C38H49N7O5.C10H12/c1-38(2,3)50-37(49)45-19-9-16-43(22-23-45)21-20-42(4)36(48)29-11-8-10-28(24-29)35(47)41-32-13-12-30(44-17-6-5-7-18-44)26-31(32)33-25-27(34(39)46)14-15-40-33;1-2-6-10-8-4-3-7-9(10)5-1/h8,10-15,24-26H,5-7,9,16-23H2,1-4H3,(H2,39,46)(H,41,47);1-2,5-6H,3-4,7-8H2. The number of primary amides is 1. The molecule has 1 aromatic heterocycles. The molecule has 1 aliphatic carbocycles. The normalized spacial score (nSPS) is 15.7. The molecule has 12 heteroatoms. The number of pyridine rings is 1. The molecule has 3 aromatic carbocycles. The third kappa shape index (κ3) is 12.2. The molecule has 3 heterocycles. The fraction of sp³-hybridized carbons (Fsp3) is 0.438. The van der Waals surface area contributed by atoms with Gasteiger partial charge in [0.2, 0.25) is 5.91 Å². The van der Waals surface area contributed by atoms with Crippen LogP contribution in [0.5, 0.6) is 0 Å². The minimum atomic E-state index is -0.561. The fourth-order valence-electron chi connectivity index (χ4n) is 7.91. The Balaban J connectivity index is 0.000000522. The van der Waals surface area contributed by atoms with Crippen LogP contribution >= 0.6 is 0 Å². The number of rotatable bonds is 9. The average molecular weight is 816 g/mol. The first-order chi connectivity index (χ1) is 28.8. The van der Waals surface area contributed by atoms with E-state index in [1.165, 1.54) is 38.3 Å². The molecule has 318 valence electrons. The van der Waals surface area contributed by atoms with Crippen molar-refractivity contribution < 1.29 is 23.9 Å². The van der Waals surface area contributed by atoms with Crippen molar-refractivity contribution in [3.05, 3.63) is 113 Å². The Morgan fingerprint density at radius 3 is 2.17 bits per heavy atom. The number of carbonyl (C=O) groups excluding carboxylic acids is 4. The molecule has 4 amide bonds. The van der Waals surface area contributed by atoms with Crippen LogP contribution in [0.15, 0.2) is 85.1 Å². The van der Waals surface area contributed by atoms with Gasteiger partial charge < -0.3 is 30.5 Å². The SMILES string of the molecule is CN(CCN1CCCN(C(=O)OC(C)(C)C)CC1)C(=O)c1cccc(C(=O)Nc2ccc(N3CCCCC3)cc2-c2cc(C(N)=O)ccn2)c1.c1ccc2c(c1)CCCC2. The molecule has 7 rings (SSSR count). The summed E-state index contributed by atoms with van der Waals surface area (Å²) in [6, 6.07) is 24.5. The number of benzene rings is 3. The van der Waals surface area contributed by atoms with Gasteiger partial charge in [-0.1, -0.05) is 30.3 Å². The maximum Gasteiger partial charge on any atom is 0.410 e. The lowest BCUT2D eigenvalue weighted by atomic mass is 9.92. The predicted octanol–water partition coefficient (Wildman–Crippen LogP) is 7.67. The van der Waals surface area contributed by atoms with Gasteiger partial charge in [-0.15, -0.1) is 0 Å². The second kappa shape index (κ2) is 20.5. The van der Waals surface area contributed by atoms with Gasteiger partial charge in [-0.05, 0) is 138 Å². The molecule has 3 N–H and O–H groups in total. The van der Waals surface area contributed by atoms with Crippen LogP contribution in [0, 0.1) is 0 Å². The number of ether oxygens (including phenoxy) is 1. The molecule has 2 aliphatic heterocycles. The van der Waals surface area contributed by atoms with E-state index in [-0.39, 0.29) is 17.9 Å². The minimum absolute atomic E-state index is 0.191. The minimum Gasteiger partial charge on any atom is -0.444 e. The lowest BCUT2D eigenvalue weighted by Gasteiger charge is -2.29. The summed E-state index contributed by atoms with van der Waals surface area (Å²) < 4.78 is 5.54. The molecule has 0 bridgehead atoms. The van der Waals surface area contributed by atoms with E-state index < -0.39 is 11.5 Å². The first-order valence-corrected chi connectivity index (χ1v) is 21.4. The second-order valence-electron chi connectivity index (χ2n) is 17.0. The first kappa shape index (κ1) is 43.8. The van der Waals surface area contributed by atoms with Gasteiger partial charge in [-0.25, -0.2) is 4.79 Å². The molecule has 0 radical (unpaired) electrons. The van der Waals surface area contributed by atoms with E-state index in [0.29, 0.717) is 66.4 Å². The van der Waals surface area contributed by atoms with E-state index in [1.807, 2.05) is 39.0 Å². The number of likely N-dealkylation sites (N-methyl/N-ethyl adjacent to an activating group) is 1. The first-order valence-electron chi connectivity index (χ1n) is 21.4. The zero-order valence-corrected chi connectivity index (χ0v) is 35.8. The highest BCUT2D eigenvalue weighted by Gasteiger charge is 2.25. The summed E-state index contributed by atoms with van der Waals surface area (Å²) in [5.41, 5.74) is 12.0. The van der Waals surface area contributed by atoms with E-state index in [0.717, 1.165) is 44.6 Å². The van der Waals surface area contributed by atoms with Gasteiger partial charge in [0.1, 0.15) is 5.60 Å². The summed E-state index contributed by atoms with van der Waals surface area (Å²) in [4.78, 5) is 64.1. The molecule has 3 aliphatic rings. The monoisotopic (exact) mass is 815 g/mol. The van der Waals surface area contributed by atoms with Crippen molar-refractivity contribution in [2.75, 3.05) is 69.6 Å². The van der Waals surface area contributed by atoms with Crippen molar-refractivity contribution in [1.82, 2.24) is 19.7 Å². The van der Waals surface area contributed by atoms with Crippen LogP contribution < -0.4 is 16.0 Å². The van der Waals surface area contributed by atoms with Crippen molar-refractivity contribution in [2.24, 2.45) is 5.73 Å². The number of nitrogens with zero attached hydrogens (tertiary/aromatic N) is 5. The lowest BCUT2D eigenvalue weighted by Crippen LogP contribution is -2.40. The number of anilines is 2. The summed E-state index contributed by atoms with van der Waals surface area (Å²) in [6.07, 6.45) is 10.9. The summed E-state index contributed by atoms with van der Waals surface area (Å²) in [6.45, 7) is 11.3. The molecular formula is C48H61N7O5. The number of aryl methyl sites for hydroxylation is 2. The van der Waals surface area contributed by atoms with Crippen molar-refractivity contribution in [2.45, 2.75) is 77.7 Å². The molecule has 60 heavy (non-hydrogen) atoms. The third-order valence-electron chi connectivity index (χ3n) is 11.3. The Bertz CT molecular complexity index is 2100. The van der Waals surface area contributed by atoms with Gasteiger partial charge in [0, 0.05) is 87.0 Å². The maximum atomic E-state index is 13.6. The topological polar surface area (TPSA) is 141 Å². The van der Waals surface area contributed by atoms with Crippen LogP contribution in [0.4, 0.5) is 16.2 Å². The Morgan fingerprint density at radius 2 is 1.47 bits per heavy atom. The third-order valence-corrected chi connectivity index (χ3v) is 11.3. The van der Waals surface area contributed by atoms with Crippen molar-refractivity contribution in [3.63, 3.8) is 0 Å². The molecule has 12 nitrogen and oxygen atoms in total. The number of nitrogens with one attached hydrogen (secondary N) is 1. The molecule has 0 atom stereocenters. The summed E-state index contributed by atoms with van der Waals surface area (Å²) in [7, 11) is 1.75. The number of hydrogen-bond acceptors (Lipinski definition) is 8. The van der Waals surface area contributed by atoms with Gasteiger partial charge in [-0.3, -0.25) is 24.3 Å². The van der Waals surface area contributed by atoms with Crippen molar-refractivity contribution in [3.8, 4) is 11.3 Å². The second-order valence-corrected chi connectivity index (χ2v) is 17.0. The fourth-order valence-corrected chi connectivity index (χ4v) is 7.91. The molecule has 2 saturated heterocycles. The van der Waals surface area contributed by atoms with Crippen LogP contribution in [0.1, 0.15) is 101 Å². The number of amides is 4. The number of hydrogen-bond donors (Lipinski definition) is 2. The van der Waals surface area contributed by atoms with Crippen LogP contribution in [0.2, 0.25) is 0 Å². The highest BCUT2D eigenvalue weighted by Crippen LogP contribution is 2.33. The lowest BCUT2D eigenvalue weighted by molar-refractivity contribution is 0.0257. The van der Waals surface area contributed by atoms with E-state index in [2.05, 4.69) is 44.4 Å². The molecule has 0 unspecified atom stereocenters. The van der Waals surface area contributed by atoms with Gasteiger partial charge >= 0.3 is 6.09 Å². The highest BCUT2D eigenvalue weighted by atomic mass is 16.6. The number of aromatic nitrogens is 1. The Hall–Kier alpha value is -5.75. The predicted molar refractivity (Wildman–Crippen MR) is 238 cm³/mol. The van der Waals surface area contributed by atoms with Crippen LogP contribution in [0.25, 0.3) is 11.3 Å². The zero-order valence-electron chi connectivity index (χ0n) is 35.8. The summed E-state index contributed by atoms with van der Waals surface area (Å²) in [5.74, 6) is -1.13. The van der Waals surface area contributed by atoms with Gasteiger partial charge in [-0.2, -0.15) is 0 Å². The molecular weight excluding hydrogens is 755 g/mol. The quantitative estimate of drug-likeness (QED) is 0.176. The van der Waals surface area contributed by atoms with Crippen LogP contribution in [0.3, 0.4) is 0 Å². The van der Waals surface area contributed by atoms with E-state index in [9.17, 15) is 19.2 Å². The summed E-state index contributed by atoms with van der Waals surface area (Å²) in [5, 5.41) is 3.02. The summed E-state index contributed by atoms with van der Waals surface area (Å²) >= 11 is 0. The van der Waals surface area contributed by atoms with E-state index in [4.69, 9.17) is 10.5 Å². The number of piperidine rings is 1. The molecule has 4 aromatic rings. The zero-order chi connectivity index (χ0) is 42.6. The average Bonchev–Trinajstić information content (AvgIpc) is 3.51. The van der Waals surface area contributed by atoms with Crippen LogP contribution in [-0.4, -0.2) is 109 Å². The largest absolute Gasteiger partial charge is 0.444 e. The van der Waals surface area contributed by atoms with Gasteiger partial charge in [0.25, 0.3) is 11.8 Å². The van der Waals surface area contributed by atoms with Crippen LogP contribution in [-0.2, 0) is 17.6 Å². The Morgan fingerprint density at radius 1 is 0.750 bits per heavy atom. The smallest absolute Gasteiger partial charge is 0.410 e. The van der Waals surface area contributed by atoms with Gasteiger partial charge in [0.05, 0.1) is 11.4 Å².